The minimum absolute atomic E-state index is 0.159. The van der Waals surface area contributed by atoms with E-state index in [-0.39, 0.29) is 5.82 Å². The standard InChI is InChI=1S/C16H16FN3S/c1-11-7-12(4-5-14(11)17)8-18-9-13-10-19-20-16(13)15-3-2-6-21-15/h2-7,10,18H,8-9H2,1H3,(H,19,20). The predicted molar refractivity (Wildman–Crippen MR) is 83.6 cm³/mol. The molecule has 0 spiro atoms. The summed E-state index contributed by atoms with van der Waals surface area (Å²) in [5, 5.41) is 12.6. The quantitative estimate of drug-likeness (QED) is 0.751. The Hall–Kier alpha value is -1.98. The van der Waals surface area contributed by atoms with Crippen molar-refractivity contribution in [3.63, 3.8) is 0 Å². The Balaban J connectivity index is 1.63. The molecule has 5 heteroatoms. The number of thiophene rings is 1. The first-order valence-corrected chi connectivity index (χ1v) is 7.64. The van der Waals surface area contributed by atoms with Crippen LogP contribution >= 0.6 is 11.3 Å². The van der Waals surface area contributed by atoms with E-state index < -0.39 is 0 Å². The van der Waals surface area contributed by atoms with Crippen molar-refractivity contribution in [1.29, 1.82) is 0 Å². The van der Waals surface area contributed by atoms with E-state index in [4.69, 9.17) is 0 Å². The van der Waals surface area contributed by atoms with Gasteiger partial charge in [-0.15, -0.1) is 11.3 Å². The summed E-state index contributed by atoms with van der Waals surface area (Å²) in [6.45, 7) is 3.21. The minimum Gasteiger partial charge on any atom is -0.308 e. The smallest absolute Gasteiger partial charge is 0.126 e. The maximum atomic E-state index is 13.2. The number of hydrogen-bond donors (Lipinski definition) is 2. The number of halogens is 1. The number of hydrogen-bond acceptors (Lipinski definition) is 3. The van der Waals surface area contributed by atoms with Crippen LogP contribution in [0.1, 0.15) is 16.7 Å². The average molecular weight is 301 g/mol. The molecule has 0 unspecified atom stereocenters. The van der Waals surface area contributed by atoms with Gasteiger partial charge in [0.2, 0.25) is 0 Å². The van der Waals surface area contributed by atoms with Crippen LogP contribution in [0.4, 0.5) is 4.39 Å². The van der Waals surface area contributed by atoms with Crippen LogP contribution in [0.3, 0.4) is 0 Å². The fourth-order valence-electron chi connectivity index (χ4n) is 2.24. The van der Waals surface area contributed by atoms with Gasteiger partial charge < -0.3 is 5.32 Å². The molecule has 0 aliphatic rings. The molecule has 1 aromatic carbocycles. The molecule has 0 bridgehead atoms. The average Bonchev–Trinajstić information content (AvgIpc) is 3.13. The summed E-state index contributed by atoms with van der Waals surface area (Å²) in [4.78, 5) is 1.18. The normalized spacial score (nSPS) is 11.0. The Morgan fingerprint density at radius 2 is 2.19 bits per heavy atom. The van der Waals surface area contributed by atoms with Gasteiger partial charge in [0.05, 0.1) is 16.8 Å². The molecule has 3 aromatic rings. The number of nitrogens with one attached hydrogen (secondary N) is 2. The highest BCUT2D eigenvalue weighted by Gasteiger charge is 2.08. The van der Waals surface area contributed by atoms with Gasteiger partial charge in [-0.25, -0.2) is 4.39 Å². The number of nitrogens with zero attached hydrogens (tertiary/aromatic N) is 1. The van der Waals surface area contributed by atoms with Gasteiger partial charge in [-0.1, -0.05) is 18.2 Å². The van der Waals surface area contributed by atoms with Gasteiger partial charge in [0.15, 0.2) is 0 Å². The van der Waals surface area contributed by atoms with Crippen molar-refractivity contribution in [3.8, 4) is 10.6 Å². The Morgan fingerprint density at radius 3 is 2.95 bits per heavy atom. The molecule has 3 rings (SSSR count). The van der Waals surface area contributed by atoms with Gasteiger partial charge in [-0.05, 0) is 35.6 Å². The Labute approximate surface area is 126 Å². The van der Waals surface area contributed by atoms with E-state index in [1.165, 1.54) is 10.9 Å². The van der Waals surface area contributed by atoms with E-state index in [1.807, 2.05) is 24.4 Å². The molecule has 108 valence electrons. The Kier molecular flexibility index (Phi) is 4.13. The third kappa shape index (κ3) is 3.20. The van der Waals surface area contributed by atoms with Crippen LogP contribution in [-0.4, -0.2) is 10.2 Å². The molecule has 0 radical (unpaired) electrons. The number of aryl methyl sites for hydroxylation is 1. The number of aromatic amines is 1. The summed E-state index contributed by atoms with van der Waals surface area (Å²) >= 11 is 1.69. The lowest BCUT2D eigenvalue weighted by Crippen LogP contribution is -2.13. The zero-order valence-corrected chi connectivity index (χ0v) is 12.5. The molecule has 0 amide bonds. The second-order valence-electron chi connectivity index (χ2n) is 4.93. The van der Waals surface area contributed by atoms with Crippen molar-refractivity contribution < 1.29 is 4.39 Å². The van der Waals surface area contributed by atoms with E-state index in [0.29, 0.717) is 12.1 Å². The lowest BCUT2D eigenvalue weighted by Gasteiger charge is -2.06. The number of benzene rings is 1. The fraction of sp³-hybridized carbons (Fsp3) is 0.188. The second kappa shape index (κ2) is 6.20. The summed E-state index contributed by atoms with van der Waals surface area (Å²) in [6.07, 6.45) is 1.85. The SMILES string of the molecule is Cc1cc(CNCc2cn[nH]c2-c2cccs2)ccc1F. The Bertz CT molecular complexity index is 719. The third-order valence-electron chi connectivity index (χ3n) is 3.35. The second-order valence-corrected chi connectivity index (χ2v) is 5.88. The topological polar surface area (TPSA) is 40.7 Å². The molecule has 0 aliphatic carbocycles. The predicted octanol–water partition coefficient (Wildman–Crippen LogP) is 3.88. The van der Waals surface area contributed by atoms with Crippen LogP contribution in [-0.2, 0) is 13.1 Å². The summed E-state index contributed by atoms with van der Waals surface area (Å²) in [5.74, 6) is -0.159. The van der Waals surface area contributed by atoms with Crippen LogP contribution in [0, 0.1) is 12.7 Å². The van der Waals surface area contributed by atoms with Crippen molar-refractivity contribution in [2.75, 3.05) is 0 Å². The Morgan fingerprint density at radius 1 is 1.29 bits per heavy atom. The molecule has 2 heterocycles. The molecule has 0 aliphatic heterocycles. The summed E-state index contributed by atoms with van der Waals surface area (Å²) in [6, 6.07) is 9.30. The first kappa shape index (κ1) is 14.0. The largest absolute Gasteiger partial charge is 0.308 e. The molecule has 2 N–H and O–H groups in total. The maximum absolute atomic E-state index is 13.2. The lowest BCUT2D eigenvalue weighted by atomic mass is 10.1. The molecule has 2 aromatic heterocycles. The van der Waals surface area contributed by atoms with Crippen LogP contribution in [0.25, 0.3) is 10.6 Å². The molecule has 0 saturated heterocycles. The van der Waals surface area contributed by atoms with E-state index in [9.17, 15) is 4.39 Å². The van der Waals surface area contributed by atoms with Gasteiger partial charge in [0.1, 0.15) is 5.82 Å². The molecule has 0 saturated carbocycles. The van der Waals surface area contributed by atoms with Gasteiger partial charge in [0, 0.05) is 18.7 Å². The molecule has 3 nitrogen and oxygen atoms in total. The molecule has 21 heavy (non-hydrogen) atoms. The van der Waals surface area contributed by atoms with E-state index >= 15 is 0 Å². The number of rotatable bonds is 5. The zero-order valence-electron chi connectivity index (χ0n) is 11.7. The monoisotopic (exact) mass is 301 g/mol. The van der Waals surface area contributed by atoms with Crippen molar-refractivity contribution in [2.45, 2.75) is 20.0 Å². The van der Waals surface area contributed by atoms with Crippen LogP contribution in [0.2, 0.25) is 0 Å². The van der Waals surface area contributed by atoms with E-state index in [1.54, 1.807) is 18.3 Å². The van der Waals surface area contributed by atoms with Crippen LogP contribution in [0.15, 0.2) is 41.9 Å². The highest BCUT2D eigenvalue weighted by atomic mass is 32.1. The zero-order chi connectivity index (χ0) is 14.7. The molecular weight excluding hydrogens is 285 g/mol. The van der Waals surface area contributed by atoms with Gasteiger partial charge in [-0.3, -0.25) is 5.10 Å². The van der Waals surface area contributed by atoms with Crippen molar-refractivity contribution >= 4 is 11.3 Å². The summed E-state index contributed by atoms with van der Waals surface area (Å²) in [5.41, 5.74) is 3.95. The van der Waals surface area contributed by atoms with Gasteiger partial charge >= 0.3 is 0 Å². The highest BCUT2D eigenvalue weighted by Crippen LogP contribution is 2.25. The van der Waals surface area contributed by atoms with Crippen molar-refractivity contribution in [2.24, 2.45) is 0 Å². The van der Waals surface area contributed by atoms with Crippen molar-refractivity contribution in [3.05, 3.63) is 64.4 Å². The molecule has 0 fully saturated rings. The summed E-state index contributed by atoms with van der Waals surface area (Å²) in [7, 11) is 0. The van der Waals surface area contributed by atoms with Gasteiger partial charge in [-0.2, -0.15) is 5.10 Å². The lowest BCUT2D eigenvalue weighted by molar-refractivity contribution is 0.615. The van der Waals surface area contributed by atoms with Crippen LogP contribution < -0.4 is 5.32 Å². The maximum Gasteiger partial charge on any atom is 0.126 e. The summed E-state index contributed by atoms with van der Waals surface area (Å²) < 4.78 is 13.2. The number of H-pyrrole nitrogens is 1. The molecule has 0 atom stereocenters. The first-order chi connectivity index (χ1) is 10.2. The highest BCUT2D eigenvalue weighted by molar-refractivity contribution is 7.13. The number of aromatic nitrogens is 2. The molecular formula is C16H16FN3S. The third-order valence-corrected chi connectivity index (χ3v) is 4.24. The van der Waals surface area contributed by atoms with Crippen molar-refractivity contribution in [1.82, 2.24) is 15.5 Å². The van der Waals surface area contributed by atoms with E-state index in [0.717, 1.165) is 23.4 Å². The van der Waals surface area contributed by atoms with E-state index in [2.05, 4.69) is 27.0 Å². The van der Waals surface area contributed by atoms with Crippen LogP contribution in [0.5, 0.6) is 0 Å². The van der Waals surface area contributed by atoms with Gasteiger partial charge in [0.25, 0.3) is 0 Å². The fourth-order valence-corrected chi connectivity index (χ4v) is 2.99. The first-order valence-electron chi connectivity index (χ1n) is 6.76. The minimum atomic E-state index is -0.159.